The Morgan fingerprint density at radius 2 is 2.03 bits per heavy atom. The van der Waals surface area contributed by atoms with Crippen molar-refractivity contribution in [3.05, 3.63) is 47.1 Å². The molecule has 1 aromatic rings. The van der Waals surface area contributed by atoms with E-state index >= 15 is 0 Å². The number of aliphatic carboxylic acids is 1. The molecule has 10 heteroatoms. The van der Waals surface area contributed by atoms with Gasteiger partial charge >= 0.3 is 5.97 Å². The predicted octanol–water partition coefficient (Wildman–Crippen LogP) is 2.75. The van der Waals surface area contributed by atoms with Gasteiger partial charge in [0.15, 0.2) is 0 Å². The molecule has 0 aliphatic carbocycles. The van der Waals surface area contributed by atoms with Crippen molar-refractivity contribution in [3.63, 3.8) is 0 Å². The summed E-state index contributed by atoms with van der Waals surface area (Å²) in [6, 6.07) is 7.87. The molecule has 2 rings (SSSR count). The minimum absolute atomic E-state index is 0.0867. The molecular formula is C20H28N4O4S2. The van der Waals surface area contributed by atoms with Crippen LogP contribution in [-0.4, -0.2) is 52.4 Å². The lowest BCUT2D eigenvalue weighted by atomic mass is 10.1. The lowest BCUT2D eigenvalue weighted by Gasteiger charge is -2.26. The number of fused-ring (bicyclic) bond motifs is 1. The van der Waals surface area contributed by atoms with E-state index < -0.39 is 5.97 Å². The number of carboxylic acids is 1. The van der Waals surface area contributed by atoms with E-state index in [1.165, 1.54) is 40.9 Å². The second-order valence-corrected chi connectivity index (χ2v) is 8.83. The fourth-order valence-corrected chi connectivity index (χ4v) is 5.30. The number of aliphatic hydroxyl groups excluding tert-OH is 1. The third-order valence-electron chi connectivity index (χ3n) is 4.17. The number of hydrogen-bond acceptors (Lipinski definition) is 9. The molecule has 6 N–H and O–H groups in total. The summed E-state index contributed by atoms with van der Waals surface area (Å²) in [5, 5.41) is 24.4. The van der Waals surface area contributed by atoms with Gasteiger partial charge in [-0.25, -0.2) is 5.84 Å². The second kappa shape index (κ2) is 13.2. The van der Waals surface area contributed by atoms with Gasteiger partial charge in [0, 0.05) is 33.6 Å². The number of hydrazine groups is 1. The molecule has 164 valence electrons. The van der Waals surface area contributed by atoms with Crippen molar-refractivity contribution in [1.82, 2.24) is 5.01 Å². The van der Waals surface area contributed by atoms with Gasteiger partial charge < -0.3 is 25.8 Å². The lowest BCUT2D eigenvalue weighted by Crippen LogP contribution is -2.26. The monoisotopic (exact) mass is 452 g/mol. The smallest absolute Gasteiger partial charge is 0.307 e. The Bertz CT molecular complexity index is 786. The number of thioether (sulfide) groups is 2. The van der Waals surface area contributed by atoms with Crippen molar-refractivity contribution in [2.24, 2.45) is 16.7 Å². The molecule has 0 saturated heterocycles. The number of oxime groups is 1. The second-order valence-electron chi connectivity index (χ2n) is 6.51. The number of aliphatic hydroxyl groups is 1. The van der Waals surface area contributed by atoms with Gasteiger partial charge in [-0.05, 0) is 37.0 Å². The molecule has 0 saturated carbocycles. The van der Waals surface area contributed by atoms with Crippen LogP contribution in [0.3, 0.4) is 0 Å². The van der Waals surface area contributed by atoms with Crippen molar-refractivity contribution in [1.29, 1.82) is 0 Å². The van der Waals surface area contributed by atoms with Gasteiger partial charge in [-0.3, -0.25) is 4.79 Å². The first-order chi connectivity index (χ1) is 14.5. The van der Waals surface area contributed by atoms with E-state index in [9.17, 15) is 15.0 Å². The van der Waals surface area contributed by atoms with E-state index in [0.717, 1.165) is 34.0 Å². The van der Waals surface area contributed by atoms with Gasteiger partial charge in [0.1, 0.15) is 6.61 Å². The number of unbranched alkanes of at least 4 members (excludes halogenated alkanes) is 2. The molecule has 0 radical (unpaired) electrons. The van der Waals surface area contributed by atoms with Crippen LogP contribution in [0.4, 0.5) is 0 Å². The predicted molar refractivity (Wildman–Crippen MR) is 121 cm³/mol. The quantitative estimate of drug-likeness (QED) is 0.163. The summed E-state index contributed by atoms with van der Waals surface area (Å²) in [5.74, 6) is 4.72. The van der Waals surface area contributed by atoms with Gasteiger partial charge in [-0.15, -0.1) is 11.8 Å². The van der Waals surface area contributed by atoms with Crippen molar-refractivity contribution >= 4 is 35.7 Å². The molecule has 1 aromatic carbocycles. The summed E-state index contributed by atoms with van der Waals surface area (Å²) < 4.78 is 0. The van der Waals surface area contributed by atoms with E-state index in [2.05, 4.69) is 5.16 Å². The van der Waals surface area contributed by atoms with Crippen molar-refractivity contribution in [2.45, 2.75) is 40.7 Å². The molecule has 30 heavy (non-hydrogen) atoms. The highest BCUT2D eigenvalue weighted by Crippen LogP contribution is 2.48. The zero-order chi connectivity index (χ0) is 21.8. The van der Waals surface area contributed by atoms with E-state index in [4.69, 9.17) is 16.4 Å². The van der Waals surface area contributed by atoms with Crippen LogP contribution in [0.25, 0.3) is 0 Å². The molecule has 0 spiro atoms. The topological polar surface area (TPSA) is 134 Å². The maximum atomic E-state index is 11.4. The molecule has 1 aliphatic heterocycles. The van der Waals surface area contributed by atoms with Crippen molar-refractivity contribution in [3.8, 4) is 0 Å². The number of carboxylic acid groups (broad SMARTS) is 1. The van der Waals surface area contributed by atoms with Gasteiger partial charge in [-0.2, -0.15) is 0 Å². The number of rotatable bonds is 12. The van der Waals surface area contributed by atoms with Crippen LogP contribution >= 0.6 is 23.5 Å². The molecule has 0 aromatic heterocycles. The summed E-state index contributed by atoms with van der Waals surface area (Å²) in [6.07, 6.45) is 6.90. The molecular weight excluding hydrogens is 424 g/mol. The maximum Gasteiger partial charge on any atom is 0.307 e. The highest BCUT2D eigenvalue weighted by Gasteiger charge is 2.27. The Balaban J connectivity index is 1.94. The maximum absolute atomic E-state index is 11.4. The Morgan fingerprint density at radius 3 is 2.73 bits per heavy atom. The molecule has 0 bridgehead atoms. The van der Waals surface area contributed by atoms with Crippen LogP contribution in [0, 0.1) is 0 Å². The summed E-state index contributed by atoms with van der Waals surface area (Å²) >= 11 is 3.01. The molecule has 0 fully saturated rings. The standard InChI is InChI=1S/C20H28N4O4S2/c21-8-10-24(22)9-4-1-5-11-28-23-13-15(12-19(26)27)20-18(14-25)29-16-6-2-3-7-17(16)30-20/h2-3,6-8,10,13,18,25H,1,4-5,9,11-12,14,21-22H2,(H,26,27)/b10-8-,20-15-,23-13+. The third kappa shape index (κ3) is 7.94. The SMILES string of the molecule is N/C=C\N(N)CCCCCO/N=C/C(CC(=O)O)=C1\Sc2ccccc2SC1CO. The first kappa shape index (κ1) is 24.1. The Morgan fingerprint density at radius 1 is 1.27 bits per heavy atom. The van der Waals surface area contributed by atoms with E-state index in [0.29, 0.717) is 18.7 Å². The van der Waals surface area contributed by atoms with Gasteiger partial charge in [0.05, 0.1) is 24.5 Å². The molecule has 8 nitrogen and oxygen atoms in total. The zero-order valence-electron chi connectivity index (χ0n) is 16.6. The van der Waals surface area contributed by atoms with Crippen LogP contribution in [0.5, 0.6) is 0 Å². The largest absolute Gasteiger partial charge is 0.481 e. The average Bonchev–Trinajstić information content (AvgIpc) is 2.73. The van der Waals surface area contributed by atoms with E-state index in [1.54, 1.807) is 6.20 Å². The molecule has 1 heterocycles. The Labute approximate surface area is 185 Å². The number of nitrogens with two attached hydrogens (primary N) is 2. The van der Waals surface area contributed by atoms with E-state index in [-0.39, 0.29) is 18.3 Å². The number of nitrogens with zero attached hydrogens (tertiary/aromatic N) is 2. The Kier molecular flexibility index (Phi) is 10.6. The molecule has 0 amide bonds. The summed E-state index contributed by atoms with van der Waals surface area (Å²) in [7, 11) is 0. The van der Waals surface area contributed by atoms with E-state index in [1.807, 2.05) is 24.3 Å². The summed E-state index contributed by atoms with van der Waals surface area (Å²) in [4.78, 5) is 19.6. The van der Waals surface area contributed by atoms with Crippen LogP contribution < -0.4 is 11.6 Å². The minimum atomic E-state index is -0.956. The normalized spacial score (nSPS) is 17.9. The first-order valence-corrected chi connectivity index (χ1v) is 11.3. The average molecular weight is 453 g/mol. The number of benzene rings is 1. The summed E-state index contributed by atoms with van der Waals surface area (Å²) in [6.45, 7) is 1.04. The van der Waals surface area contributed by atoms with Crippen molar-refractivity contribution in [2.75, 3.05) is 19.8 Å². The fourth-order valence-electron chi connectivity index (χ4n) is 2.75. The zero-order valence-corrected chi connectivity index (χ0v) is 18.3. The fraction of sp³-hybridized carbons (Fsp3) is 0.400. The Hall–Kier alpha value is -2.14. The van der Waals surface area contributed by atoms with Crippen LogP contribution in [-0.2, 0) is 9.63 Å². The first-order valence-electron chi connectivity index (χ1n) is 9.59. The third-order valence-corrected chi connectivity index (χ3v) is 7.07. The van der Waals surface area contributed by atoms with Crippen LogP contribution in [0.1, 0.15) is 25.7 Å². The van der Waals surface area contributed by atoms with Crippen LogP contribution in [0.2, 0.25) is 0 Å². The van der Waals surface area contributed by atoms with Gasteiger partial charge in [0.2, 0.25) is 0 Å². The van der Waals surface area contributed by atoms with Crippen molar-refractivity contribution < 1.29 is 19.8 Å². The molecule has 1 atom stereocenters. The molecule has 1 aliphatic rings. The number of hydrogen-bond donors (Lipinski definition) is 4. The highest BCUT2D eigenvalue weighted by molar-refractivity contribution is 8.08. The molecule has 1 unspecified atom stereocenters. The highest BCUT2D eigenvalue weighted by atomic mass is 32.2. The van der Waals surface area contributed by atoms with Crippen LogP contribution in [0.15, 0.2) is 62.1 Å². The van der Waals surface area contributed by atoms with Gasteiger partial charge in [-0.1, -0.05) is 29.1 Å². The number of carbonyl (C=O) groups is 1. The lowest BCUT2D eigenvalue weighted by molar-refractivity contribution is -0.136. The minimum Gasteiger partial charge on any atom is -0.481 e. The van der Waals surface area contributed by atoms with Gasteiger partial charge in [0.25, 0.3) is 0 Å². The summed E-state index contributed by atoms with van der Waals surface area (Å²) in [5.41, 5.74) is 5.81.